The van der Waals surface area contributed by atoms with E-state index >= 15 is 0 Å². The van der Waals surface area contributed by atoms with Crippen molar-refractivity contribution in [2.75, 3.05) is 5.01 Å². The molecule has 3 heterocycles. The number of halogens is 4. The van der Waals surface area contributed by atoms with Gasteiger partial charge in [-0.05, 0) is 43.2 Å². The second kappa shape index (κ2) is 13.8. The van der Waals surface area contributed by atoms with Crippen molar-refractivity contribution in [3.8, 4) is 11.3 Å². The number of carbonyl (C=O) groups excluding carboxylic acids is 1. The molecule has 1 aromatic carbocycles. The highest BCUT2D eigenvalue weighted by atomic mass is 35.5. The minimum Gasteiger partial charge on any atom is -0.388 e. The summed E-state index contributed by atoms with van der Waals surface area (Å²) < 4.78 is 28.4. The molecular formula is C28H29Cl2F2N9O2. The van der Waals surface area contributed by atoms with E-state index in [9.17, 15) is 18.4 Å². The van der Waals surface area contributed by atoms with Gasteiger partial charge in [0.05, 0.1) is 47.0 Å². The highest BCUT2D eigenvalue weighted by Crippen LogP contribution is 2.32. The molecule has 7 N–H and O–H groups in total. The fraction of sp³-hybridized carbons (Fsp3) is 0.250. The summed E-state index contributed by atoms with van der Waals surface area (Å²) in [5.74, 6) is 5.19. The Morgan fingerprint density at radius 3 is 2.67 bits per heavy atom. The van der Waals surface area contributed by atoms with Gasteiger partial charge in [0.15, 0.2) is 0 Å². The molecule has 2 bridgehead atoms. The van der Waals surface area contributed by atoms with Crippen LogP contribution in [0.1, 0.15) is 43.5 Å². The SMILES string of the molecule is C[C@@H]1CCC[C@H](n2cnc(-c3cc(Cl)ccc3N(N)/C=C(\N)Cl)cc2=O)c2cc(ccn2)/C(NC(F)F)=C(/C=N)NC1=O. The van der Waals surface area contributed by atoms with Crippen molar-refractivity contribution in [2.45, 2.75) is 38.8 Å². The van der Waals surface area contributed by atoms with Gasteiger partial charge in [-0.15, -0.1) is 0 Å². The number of fused-ring (bicyclic) bond motifs is 2. The molecule has 1 amide bonds. The first-order valence-electron chi connectivity index (χ1n) is 13.1. The van der Waals surface area contributed by atoms with Crippen molar-refractivity contribution >= 4 is 46.7 Å². The Balaban J connectivity index is 1.83. The maximum atomic E-state index is 13.6. The summed E-state index contributed by atoms with van der Waals surface area (Å²) in [6, 6.07) is 8.52. The van der Waals surface area contributed by atoms with Crippen LogP contribution in [0.2, 0.25) is 5.02 Å². The van der Waals surface area contributed by atoms with E-state index in [2.05, 4.69) is 15.3 Å². The molecule has 1 aliphatic heterocycles. The largest absolute Gasteiger partial charge is 0.388 e. The third-order valence-electron chi connectivity index (χ3n) is 6.85. The van der Waals surface area contributed by atoms with E-state index < -0.39 is 30.0 Å². The Labute approximate surface area is 255 Å². The van der Waals surface area contributed by atoms with Gasteiger partial charge in [-0.2, -0.15) is 8.78 Å². The predicted octanol–water partition coefficient (Wildman–Crippen LogP) is 4.29. The highest BCUT2D eigenvalue weighted by molar-refractivity contribution is 6.31. The first-order valence-corrected chi connectivity index (χ1v) is 13.9. The Morgan fingerprint density at radius 1 is 1.23 bits per heavy atom. The maximum Gasteiger partial charge on any atom is 0.313 e. The van der Waals surface area contributed by atoms with E-state index in [4.69, 9.17) is 40.2 Å². The molecule has 0 spiro atoms. The van der Waals surface area contributed by atoms with E-state index in [-0.39, 0.29) is 27.8 Å². The standard InChI is InChI=1S/C28H29Cl2F2N9O2/c1-15-3-2-4-23(20-9-16(7-8-36-20)26(39-28(31)32)21(12-33)38-27(15)43)40-14-37-19(11-25(40)42)18-10-17(29)5-6-22(18)41(35)13-24(30)34/h5-15,23,28,33,39H,2-4,34-35H2,1H3,(H,38,43)/b24-13-,26-21+,33-12?/t15-,23+/m1/s1. The van der Waals surface area contributed by atoms with Gasteiger partial charge in [0.1, 0.15) is 5.16 Å². The van der Waals surface area contributed by atoms with Crippen molar-refractivity contribution in [1.29, 1.82) is 5.41 Å². The van der Waals surface area contributed by atoms with Crippen LogP contribution in [0.15, 0.2) is 70.8 Å². The Morgan fingerprint density at radius 2 is 2.00 bits per heavy atom. The zero-order chi connectivity index (χ0) is 31.3. The van der Waals surface area contributed by atoms with E-state index in [0.29, 0.717) is 41.2 Å². The summed E-state index contributed by atoms with van der Waals surface area (Å²) in [7, 11) is 0. The van der Waals surface area contributed by atoms with E-state index in [0.717, 1.165) is 6.21 Å². The van der Waals surface area contributed by atoms with Crippen LogP contribution in [-0.2, 0) is 4.79 Å². The molecule has 4 rings (SSSR count). The third-order valence-corrected chi connectivity index (χ3v) is 7.18. The number of aromatic nitrogens is 3. The number of nitrogens with zero attached hydrogens (tertiary/aromatic N) is 4. The second-order valence-electron chi connectivity index (χ2n) is 9.79. The Kier molecular flexibility index (Phi) is 10.1. The molecule has 226 valence electrons. The monoisotopic (exact) mass is 631 g/mol. The summed E-state index contributed by atoms with van der Waals surface area (Å²) in [4.78, 5) is 35.4. The summed E-state index contributed by atoms with van der Waals surface area (Å²) in [5, 5.41) is 13.9. The number of anilines is 1. The topological polar surface area (TPSA) is 168 Å². The van der Waals surface area contributed by atoms with Crippen molar-refractivity contribution < 1.29 is 13.6 Å². The molecule has 0 unspecified atom stereocenters. The molecule has 0 saturated heterocycles. The molecular weight excluding hydrogens is 603 g/mol. The summed E-state index contributed by atoms with van der Waals surface area (Å²) in [6.45, 7) is -1.27. The number of alkyl halides is 2. The first kappa shape index (κ1) is 31.6. The van der Waals surface area contributed by atoms with Crippen LogP contribution in [0.5, 0.6) is 0 Å². The average Bonchev–Trinajstić information content (AvgIpc) is 2.96. The number of hydrazine groups is 1. The van der Waals surface area contributed by atoms with Gasteiger partial charge >= 0.3 is 6.55 Å². The van der Waals surface area contributed by atoms with E-state index in [1.165, 1.54) is 40.4 Å². The molecule has 2 atom stereocenters. The van der Waals surface area contributed by atoms with Gasteiger partial charge in [-0.1, -0.05) is 36.5 Å². The van der Waals surface area contributed by atoms with Gasteiger partial charge in [-0.3, -0.25) is 24.1 Å². The number of hydrogen-bond acceptors (Lipinski definition) is 9. The lowest BCUT2D eigenvalue weighted by molar-refractivity contribution is -0.123. The molecule has 2 aromatic heterocycles. The lowest BCUT2D eigenvalue weighted by Gasteiger charge is -2.24. The molecule has 3 aromatic rings. The quantitative estimate of drug-likeness (QED) is 0.111. The van der Waals surface area contributed by atoms with Crippen LogP contribution in [-0.4, -0.2) is 33.2 Å². The fourth-order valence-corrected chi connectivity index (χ4v) is 5.03. The number of rotatable bonds is 7. The fourth-order valence-electron chi connectivity index (χ4n) is 4.75. The zero-order valence-electron chi connectivity index (χ0n) is 22.9. The lowest BCUT2D eigenvalue weighted by Crippen LogP contribution is -2.33. The Bertz CT molecular complexity index is 1640. The molecule has 0 aliphatic carbocycles. The number of allylic oxidation sites excluding steroid dienone is 1. The van der Waals surface area contributed by atoms with Crippen molar-refractivity contribution in [2.24, 2.45) is 17.5 Å². The molecule has 0 radical (unpaired) electrons. The maximum absolute atomic E-state index is 13.6. The average molecular weight is 633 g/mol. The molecule has 15 heteroatoms. The van der Waals surface area contributed by atoms with Gasteiger partial charge in [-0.25, -0.2) is 10.8 Å². The van der Waals surface area contributed by atoms with Crippen LogP contribution in [0.3, 0.4) is 0 Å². The number of pyridine rings is 1. The van der Waals surface area contributed by atoms with Crippen molar-refractivity contribution in [3.63, 3.8) is 0 Å². The molecule has 0 saturated carbocycles. The molecule has 0 fully saturated rings. The molecule has 11 nitrogen and oxygen atoms in total. The smallest absolute Gasteiger partial charge is 0.313 e. The normalized spacial score (nSPS) is 19.7. The lowest BCUT2D eigenvalue weighted by atomic mass is 9.96. The summed E-state index contributed by atoms with van der Waals surface area (Å²) in [5.41, 5.74) is 6.66. The first-order chi connectivity index (χ1) is 20.5. The number of amides is 1. The van der Waals surface area contributed by atoms with Crippen LogP contribution in [0.25, 0.3) is 17.0 Å². The van der Waals surface area contributed by atoms with Gasteiger partial charge in [0.25, 0.3) is 5.56 Å². The van der Waals surface area contributed by atoms with Gasteiger partial charge in [0, 0.05) is 40.5 Å². The Hall–Kier alpha value is -4.33. The number of carbonyl (C=O) groups is 1. The summed E-state index contributed by atoms with van der Waals surface area (Å²) in [6.07, 6.45) is 6.23. The molecule has 1 aliphatic rings. The number of nitrogens with two attached hydrogens (primary N) is 2. The van der Waals surface area contributed by atoms with E-state index in [1.807, 2.05) is 5.32 Å². The zero-order valence-corrected chi connectivity index (χ0v) is 24.4. The van der Waals surface area contributed by atoms with E-state index in [1.54, 1.807) is 31.2 Å². The van der Waals surface area contributed by atoms with Gasteiger partial charge < -0.3 is 21.8 Å². The van der Waals surface area contributed by atoms with Crippen LogP contribution >= 0.6 is 23.2 Å². The third kappa shape index (κ3) is 7.55. The van der Waals surface area contributed by atoms with Gasteiger partial charge in [0.2, 0.25) is 5.91 Å². The van der Waals surface area contributed by atoms with Crippen molar-refractivity contribution in [1.82, 2.24) is 25.2 Å². The van der Waals surface area contributed by atoms with Crippen LogP contribution in [0.4, 0.5) is 14.5 Å². The highest BCUT2D eigenvalue weighted by Gasteiger charge is 2.24. The second-order valence-corrected chi connectivity index (χ2v) is 10.7. The number of benzene rings is 1. The minimum atomic E-state index is -2.98. The number of hydrogen-bond donors (Lipinski definition) is 5. The molecule has 43 heavy (non-hydrogen) atoms. The van der Waals surface area contributed by atoms with Crippen LogP contribution in [0, 0.1) is 11.3 Å². The predicted molar refractivity (Wildman–Crippen MR) is 162 cm³/mol. The number of nitrogens with one attached hydrogen (secondary N) is 3. The van der Waals surface area contributed by atoms with Crippen molar-refractivity contribution in [3.05, 3.63) is 92.6 Å². The summed E-state index contributed by atoms with van der Waals surface area (Å²) >= 11 is 12.0. The minimum absolute atomic E-state index is 0.0645. The van der Waals surface area contributed by atoms with Crippen LogP contribution < -0.4 is 32.8 Å².